The fourth-order valence-electron chi connectivity index (χ4n) is 1.40. The van der Waals surface area contributed by atoms with Crippen molar-refractivity contribution in [1.82, 2.24) is 9.97 Å². The summed E-state index contributed by atoms with van der Waals surface area (Å²) in [5.74, 6) is 0. The summed E-state index contributed by atoms with van der Waals surface area (Å²) in [5.41, 5.74) is 3.87. The molecule has 79 valence electrons. The van der Waals surface area contributed by atoms with Crippen LogP contribution < -0.4 is 0 Å². The summed E-state index contributed by atoms with van der Waals surface area (Å²) < 4.78 is 0. The third-order valence-corrected chi connectivity index (χ3v) is 2.05. The number of hydrogen-bond donors (Lipinski definition) is 0. The normalized spacial score (nSPS) is 9.47. The number of aromatic nitrogens is 2. The molecule has 0 saturated heterocycles. The van der Waals surface area contributed by atoms with Crippen molar-refractivity contribution in [2.75, 3.05) is 0 Å². The third kappa shape index (κ3) is 2.71. The molecule has 2 aromatic heterocycles. The van der Waals surface area contributed by atoms with Gasteiger partial charge in [0.1, 0.15) is 0 Å². The molecule has 0 saturated carbocycles. The number of rotatable bonds is 1. The summed E-state index contributed by atoms with van der Waals surface area (Å²) in [6.07, 6.45) is 1.78. The molecular formula is C12H11IrN2-. The molecule has 15 heavy (non-hydrogen) atoms. The Morgan fingerprint density at radius 1 is 1.20 bits per heavy atom. The fourth-order valence-corrected chi connectivity index (χ4v) is 1.40. The summed E-state index contributed by atoms with van der Waals surface area (Å²) >= 11 is 0. The zero-order valence-corrected chi connectivity index (χ0v) is 11.0. The summed E-state index contributed by atoms with van der Waals surface area (Å²) in [6.45, 7) is 3.94. The average Bonchev–Trinajstić information content (AvgIpc) is 2.19. The molecule has 2 aromatic rings. The first kappa shape index (κ1) is 12.0. The third-order valence-electron chi connectivity index (χ3n) is 2.05. The Hall–Kier alpha value is -1.05. The van der Waals surface area contributed by atoms with E-state index in [9.17, 15) is 0 Å². The smallest absolute Gasteiger partial charge is 0.0160 e. The number of hydrogen-bond acceptors (Lipinski definition) is 2. The van der Waals surface area contributed by atoms with E-state index in [0.29, 0.717) is 0 Å². The van der Waals surface area contributed by atoms with Crippen molar-refractivity contribution >= 4 is 0 Å². The van der Waals surface area contributed by atoms with Crippen molar-refractivity contribution < 1.29 is 20.1 Å². The van der Waals surface area contributed by atoms with E-state index >= 15 is 0 Å². The van der Waals surface area contributed by atoms with Gasteiger partial charge in [-0.25, -0.2) is 0 Å². The van der Waals surface area contributed by atoms with Crippen LogP contribution >= 0.6 is 0 Å². The Bertz CT molecular complexity index is 441. The molecule has 2 nitrogen and oxygen atoms in total. The zero-order chi connectivity index (χ0) is 9.97. The predicted molar refractivity (Wildman–Crippen MR) is 55.8 cm³/mol. The van der Waals surface area contributed by atoms with Crippen LogP contribution in [-0.2, 0) is 20.1 Å². The van der Waals surface area contributed by atoms with E-state index in [-0.39, 0.29) is 20.1 Å². The van der Waals surface area contributed by atoms with Crippen LogP contribution in [0.2, 0.25) is 0 Å². The van der Waals surface area contributed by atoms with E-state index in [1.54, 1.807) is 6.20 Å². The fraction of sp³-hybridized carbons (Fsp3) is 0.167. The maximum atomic E-state index is 4.38. The van der Waals surface area contributed by atoms with Gasteiger partial charge < -0.3 is 9.97 Å². The Balaban J connectivity index is 0.00000112. The second-order valence-corrected chi connectivity index (χ2v) is 3.22. The SMILES string of the molecule is Cc1c[c-]c(-c2ccccn2)c(C)n1.[Ir]. The van der Waals surface area contributed by atoms with Gasteiger partial charge in [0.2, 0.25) is 0 Å². The van der Waals surface area contributed by atoms with Crippen LogP contribution in [0.1, 0.15) is 11.4 Å². The Labute approximate surface area is 103 Å². The first-order chi connectivity index (χ1) is 6.77. The number of aryl methyl sites for hydroxylation is 2. The standard InChI is InChI=1S/C12H11N2.Ir/c1-9-6-7-11(10(2)14-9)12-5-3-4-8-13-12;/h3-6,8H,1-2H3;/q-1;. The molecular weight excluding hydrogens is 364 g/mol. The first-order valence-electron chi connectivity index (χ1n) is 4.55. The topological polar surface area (TPSA) is 25.8 Å². The summed E-state index contributed by atoms with van der Waals surface area (Å²) in [7, 11) is 0. The Morgan fingerprint density at radius 2 is 2.00 bits per heavy atom. The Morgan fingerprint density at radius 3 is 2.60 bits per heavy atom. The average molecular weight is 375 g/mol. The van der Waals surface area contributed by atoms with Crippen molar-refractivity contribution in [1.29, 1.82) is 0 Å². The molecule has 2 rings (SSSR count). The molecule has 0 fully saturated rings. The van der Waals surface area contributed by atoms with E-state index in [1.807, 2.05) is 38.1 Å². The molecule has 0 unspecified atom stereocenters. The van der Waals surface area contributed by atoms with Crippen molar-refractivity contribution in [3.8, 4) is 11.3 Å². The molecule has 3 heteroatoms. The second-order valence-electron chi connectivity index (χ2n) is 3.22. The van der Waals surface area contributed by atoms with Gasteiger partial charge in [-0.2, -0.15) is 0 Å². The minimum Gasteiger partial charge on any atom is -0.354 e. The molecule has 0 bridgehead atoms. The molecule has 0 aliphatic rings. The summed E-state index contributed by atoms with van der Waals surface area (Å²) in [5, 5.41) is 0. The second kappa shape index (κ2) is 5.15. The van der Waals surface area contributed by atoms with Gasteiger partial charge in [0.15, 0.2) is 0 Å². The molecule has 0 amide bonds. The van der Waals surface area contributed by atoms with E-state index in [0.717, 1.165) is 22.6 Å². The predicted octanol–water partition coefficient (Wildman–Crippen LogP) is 2.56. The number of pyridine rings is 2. The molecule has 2 heterocycles. The van der Waals surface area contributed by atoms with E-state index < -0.39 is 0 Å². The maximum Gasteiger partial charge on any atom is 0.0160 e. The van der Waals surface area contributed by atoms with E-state index in [4.69, 9.17) is 0 Å². The molecule has 0 spiro atoms. The summed E-state index contributed by atoms with van der Waals surface area (Å²) in [4.78, 5) is 8.65. The maximum absolute atomic E-state index is 4.38. The van der Waals surface area contributed by atoms with Crippen LogP contribution in [0.4, 0.5) is 0 Å². The van der Waals surface area contributed by atoms with E-state index in [1.165, 1.54) is 0 Å². The van der Waals surface area contributed by atoms with Crippen molar-refractivity contribution in [2.24, 2.45) is 0 Å². The number of nitrogens with zero attached hydrogens (tertiary/aromatic N) is 2. The minimum absolute atomic E-state index is 0. The monoisotopic (exact) mass is 376 g/mol. The van der Waals surface area contributed by atoms with Crippen molar-refractivity contribution in [3.05, 3.63) is 47.9 Å². The largest absolute Gasteiger partial charge is 0.354 e. The molecule has 0 aromatic carbocycles. The van der Waals surface area contributed by atoms with Gasteiger partial charge in [-0.1, -0.05) is 26.0 Å². The summed E-state index contributed by atoms with van der Waals surface area (Å²) in [6, 6.07) is 10.9. The molecule has 0 aliphatic carbocycles. The van der Waals surface area contributed by atoms with Crippen molar-refractivity contribution in [2.45, 2.75) is 13.8 Å². The Kier molecular flexibility index (Phi) is 4.13. The van der Waals surface area contributed by atoms with Crippen LogP contribution in [0, 0.1) is 19.9 Å². The van der Waals surface area contributed by atoms with Crippen molar-refractivity contribution in [3.63, 3.8) is 0 Å². The molecule has 0 N–H and O–H groups in total. The van der Waals surface area contributed by atoms with Gasteiger partial charge in [0.05, 0.1) is 0 Å². The molecule has 0 aliphatic heterocycles. The van der Waals surface area contributed by atoms with Crippen LogP contribution in [-0.4, -0.2) is 9.97 Å². The van der Waals surface area contributed by atoms with Crippen LogP contribution in [0.25, 0.3) is 11.3 Å². The van der Waals surface area contributed by atoms with Crippen LogP contribution in [0.3, 0.4) is 0 Å². The van der Waals surface area contributed by atoms with Gasteiger partial charge >= 0.3 is 0 Å². The van der Waals surface area contributed by atoms with Gasteiger partial charge in [-0.15, -0.1) is 17.7 Å². The zero-order valence-electron chi connectivity index (χ0n) is 8.61. The van der Waals surface area contributed by atoms with Gasteiger partial charge in [0.25, 0.3) is 0 Å². The first-order valence-corrected chi connectivity index (χ1v) is 4.55. The van der Waals surface area contributed by atoms with E-state index in [2.05, 4.69) is 16.0 Å². The molecule has 0 atom stereocenters. The van der Waals surface area contributed by atoms with Crippen LogP contribution in [0.15, 0.2) is 30.5 Å². The minimum atomic E-state index is 0. The van der Waals surface area contributed by atoms with Gasteiger partial charge in [-0.3, -0.25) is 0 Å². The van der Waals surface area contributed by atoms with Crippen LogP contribution in [0.5, 0.6) is 0 Å². The van der Waals surface area contributed by atoms with Gasteiger partial charge in [-0.05, 0) is 23.1 Å². The van der Waals surface area contributed by atoms with Gasteiger partial charge in [0, 0.05) is 26.3 Å². The molecule has 1 radical (unpaired) electrons. The quantitative estimate of drug-likeness (QED) is 0.716.